The zero-order valence-electron chi connectivity index (χ0n) is 17.0. The minimum atomic E-state index is -3.78. The Morgan fingerprint density at radius 3 is 2.41 bits per heavy atom. The number of carbonyl (C=O) groups is 1. The number of methoxy groups -OCH3 is 2. The summed E-state index contributed by atoms with van der Waals surface area (Å²) in [5, 5.41) is 0.928. The van der Waals surface area contributed by atoms with Gasteiger partial charge in [-0.1, -0.05) is 6.92 Å². The maximum atomic E-state index is 13.2. The SMILES string of the molecule is CCc1nc(C)c(C(=O)N2CCN(S(=O)(=O)c3cc(OC)ccc3OC)CC2)s1. The summed E-state index contributed by atoms with van der Waals surface area (Å²) in [6.07, 6.45) is 0.785. The van der Waals surface area contributed by atoms with Crippen molar-refractivity contribution in [2.45, 2.75) is 25.2 Å². The molecule has 0 bridgehead atoms. The predicted molar refractivity (Wildman–Crippen MR) is 110 cm³/mol. The Labute approximate surface area is 175 Å². The van der Waals surface area contributed by atoms with Gasteiger partial charge in [0.15, 0.2) is 0 Å². The van der Waals surface area contributed by atoms with Gasteiger partial charge in [-0.15, -0.1) is 11.3 Å². The van der Waals surface area contributed by atoms with Crippen molar-refractivity contribution < 1.29 is 22.7 Å². The van der Waals surface area contributed by atoms with Crippen LogP contribution in [-0.4, -0.2) is 68.9 Å². The first kappa shape index (κ1) is 21.5. The molecule has 0 aliphatic carbocycles. The normalized spacial score (nSPS) is 15.4. The summed E-state index contributed by atoms with van der Waals surface area (Å²) in [5.41, 5.74) is 0.730. The van der Waals surface area contributed by atoms with E-state index in [1.165, 1.54) is 35.9 Å². The van der Waals surface area contributed by atoms with Crippen LogP contribution < -0.4 is 9.47 Å². The third-order valence-corrected chi connectivity index (χ3v) is 8.06. The lowest BCUT2D eigenvalue weighted by molar-refractivity contribution is 0.0701. The highest BCUT2D eigenvalue weighted by Crippen LogP contribution is 2.31. The van der Waals surface area contributed by atoms with Gasteiger partial charge in [0.05, 0.1) is 24.9 Å². The van der Waals surface area contributed by atoms with Gasteiger partial charge in [-0.25, -0.2) is 13.4 Å². The van der Waals surface area contributed by atoms with Gasteiger partial charge in [0.2, 0.25) is 10.0 Å². The number of aryl methyl sites for hydroxylation is 2. The van der Waals surface area contributed by atoms with Crippen LogP contribution >= 0.6 is 11.3 Å². The number of sulfonamides is 1. The molecule has 1 amide bonds. The molecular weight excluding hydrogens is 414 g/mol. The quantitative estimate of drug-likeness (QED) is 0.685. The summed E-state index contributed by atoms with van der Waals surface area (Å²) in [4.78, 5) is 19.6. The van der Waals surface area contributed by atoms with Crippen LogP contribution in [0.5, 0.6) is 11.5 Å². The van der Waals surface area contributed by atoms with E-state index in [1.807, 2.05) is 13.8 Å². The third-order valence-electron chi connectivity index (χ3n) is 4.85. The highest BCUT2D eigenvalue weighted by molar-refractivity contribution is 7.89. The first-order valence-electron chi connectivity index (χ1n) is 9.29. The summed E-state index contributed by atoms with van der Waals surface area (Å²) in [6.45, 7) is 4.91. The Bertz CT molecular complexity index is 995. The maximum absolute atomic E-state index is 13.2. The lowest BCUT2D eigenvalue weighted by atomic mass is 10.3. The van der Waals surface area contributed by atoms with E-state index in [4.69, 9.17) is 9.47 Å². The van der Waals surface area contributed by atoms with Crippen LogP contribution in [-0.2, 0) is 16.4 Å². The molecule has 3 rings (SSSR count). The molecule has 1 fully saturated rings. The fourth-order valence-electron chi connectivity index (χ4n) is 3.20. The molecule has 1 saturated heterocycles. The maximum Gasteiger partial charge on any atom is 0.265 e. The Kier molecular flexibility index (Phi) is 6.45. The minimum absolute atomic E-state index is 0.0602. The third kappa shape index (κ3) is 4.24. The van der Waals surface area contributed by atoms with Gasteiger partial charge >= 0.3 is 0 Å². The van der Waals surface area contributed by atoms with E-state index < -0.39 is 10.0 Å². The topological polar surface area (TPSA) is 89.0 Å². The van der Waals surface area contributed by atoms with Crippen molar-refractivity contribution in [3.8, 4) is 11.5 Å². The van der Waals surface area contributed by atoms with Gasteiger partial charge in [0.25, 0.3) is 5.91 Å². The van der Waals surface area contributed by atoms with Crippen LogP contribution in [0.4, 0.5) is 0 Å². The summed E-state index contributed by atoms with van der Waals surface area (Å²) in [6, 6.07) is 4.68. The highest BCUT2D eigenvalue weighted by atomic mass is 32.2. The zero-order chi connectivity index (χ0) is 21.2. The van der Waals surface area contributed by atoms with Crippen LogP contribution in [0.1, 0.15) is 27.3 Å². The Hall–Kier alpha value is -2.17. The van der Waals surface area contributed by atoms with Gasteiger partial charge in [-0.2, -0.15) is 4.31 Å². The fraction of sp³-hybridized carbons (Fsp3) is 0.474. The number of amides is 1. The van der Waals surface area contributed by atoms with Gasteiger partial charge in [0.1, 0.15) is 21.3 Å². The van der Waals surface area contributed by atoms with Crippen molar-refractivity contribution in [3.05, 3.63) is 33.8 Å². The van der Waals surface area contributed by atoms with E-state index in [1.54, 1.807) is 17.0 Å². The second-order valence-electron chi connectivity index (χ2n) is 6.59. The number of carbonyl (C=O) groups excluding carboxylic acids is 1. The molecule has 1 aliphatic heterocycles. The molecule has 2 aromatic rings. The second kappa shape index (κ2) is 8.68. The molecule has 1 aliphatic rings. The van der Waals surface area contributed by atoms with Crippen LogP contribution in [0.25, 0.3) is 0 Å². The highest BCUT2D eigenvalue weighted by Gasteiger charge is 2.33. The Balaban J connectivity index is 1.76. The largest absolute Gasteiger partial charge is 0.497 e. The molecule has 0 atom stereocenters. The number of aromatic nitrogens is 1. The molecule has 0 radical (unpaired) electrons. The Morgan fingerprint density at radius 1 is 1.17 bits per heavy atom. The van der Waals surface area contributed by atoms with Crippen molar-refractivity contribution >= 4 is 27.3 Å². The molecule has 10 heteroatoms. The standard InChI is InChI=1S/C19H25N3O5S2/c1-5-17-20-13(2)18(28-17)19(23)21-8-10-22(11-9-21)29(24,25)16-12-14(26-3)6-7-15(16)27-4/h6-7,12H,5,8-11H2,1-4H3. The summed E-state index contributed by atoms with van der Waals surface area (Å²) >= 11 is 1.41. The number of thiazole rings is 1. The molecule has 29 heavy (non-hydrogen) atoms. The van der Waals surface area contributed by atoms with E-state index in [0.717, 1.165) is 17.1 Å². The van der Waals surface area contributed by atoms with Crippen molar-refractivity contribution in [1.82, 2.24) is 14.2 Å². The lowest BCUT2D eigenvalue weighted by Crippen LogP contribution is -2.50. The van der Waals surface area contributed by atoms with Gasteiger partial charge in [-0.05, 0) is 25.5 Å². The Morgan fingerprint density at radius 2 is 1.86 bits per heavy atom. The first-order valence-corrected chi connectivity index (χ1v) is 11.5. The summed E-state index contributed by atoms with van der Waals surface area (Å²) in [7, 11) is -0.868. The van der Waals surface area contributed by atoms with E-state index in [-0.39, 0.29) is 29.6 Å². The molecular formula is C19H25N3O5S2. The molecule has 0 unspecified atom stereocenters. The van der Waals surface area contributed by atoms with Crippen molar-refractivity contribution in [3.63, 3.8) is 0 Å². The molecule has 0 spiro atoms. The van der Waals surface area contributed by atoms with E-state index in [9.17, 15) is 13.2 Å². The summed E-state index contributed by atoms with van der Waals surface area (Å²) in [5.74, 6) is 0.609. The van der Waals surface area contributed by atoms with Crippen LogP contribution in [0, 0.1) is 6.92 Å². The zero-order valence-corrected chi connectivity index (χ0v) is 18.6. The molecule has 158 valence electrons. The molecule has 2 heterocycles. The molecule has 0 saturated carbocycles. The molecule has 8 nitrogen and oxygen atoms in total. The fourth-order valence-corrected chi connectivity index (χ4v) is 5.77. The predicted octanol–water partition coefficient (Wildman–Crippen LogP) is 2.18. The number of rotatable bonds is 6. The average Bonchev–Trinajstić information content (AvgIpc) is 3.13. The van der Waals surface area contributed by atoms with E-state index >= 15 is 0 Å². The molecule has 0 N–H and O–H groups in total. The van der Waals surface area contributed by atoms with Crippen LogP contribution in [0.15, 0.2) is 23.1 Å². The lowest BCUT2D eigenvalue weighted by Gasteiger charge is -2.34. The number of hydrogen-bond donors (Lipinski definition) is 0. The number of ether oxygens (including phenoxy) is 2. The van der Waals surface area contributed by atoms with Gasteiger partial charge in [-0.3, -0.25) is 4.79 Å². The van der Waals surface area contributed by atoms with Crippen LogP contribution in [0.3, 0.4) is 0 Å². The van der Waals surface area contributed by atoms with Gasteiger partial charge in [0, 0.05) is 32.2 Å². The number of nitrogens with zero attached hydrogens (tertiary/aromatic N) is 3. The monoisotopic (exact) mass is 439 g/mol. The van der Waals surface area contributed by atoms with E-state index in [0.29, 0.717) is 23.7 Å². The van der Waals surface area contributed by atoms with Gasteiger partial charge < -0.3 is 14.4 Å². The second-order valence-corrected chi connectivity index (χ2v) is 9.58. The van der Waals surface area contributed by atoms with E-state index in [2.05, 4.69) is 4.98 Å². The van der Waals surface area contributed by atoms with Crippen molar-refractivity contribution in [1.29, 1.82) is 0 Å². The number of piperazine rings is 1. The molecule has 1 aromatic heterocycles. The minimum Gasteiger partial charge on any atom is -0.497 e. The smallest absolute Gasteiger partial charge is 0.265 e. The van der Waals surface area contributed by atoms with Crippen molar-refractivity contribution in [2.24, 2.45) is 0 Å². The first-order chi connectivity index (χ1) is 13.8. The van der Waals surface area contributed by atoms with Crippen LogP contribution in [0.2, 0.25) is 0 Å². The number of benzene rings is 1. The van der Waals surface area contributed by atoms with Crippen molar-refractivity contribution in [2.75, 3.05) is 40.4 Å². The summed E-state index contributed by atoms with van der Waals surface area (Å²) < 4.78 is 38.1. The average molecular weight is 440 g/mol. The number of hydrogen-bond acceptors (Lipinski definition) is 7. The molecule has 1 aromatic carbocycles.